The number of hydrogen-bond donors (Lipinski definition) is 1. The second kappa shape index (κ2) is 19.0. The molecule has 0 bridgehead atoms. The highest BCUT2D eigenvalue weighted by Crippen LogP contribution is 2.33. The van der Waals surface area contributed by atoms with Crippen molar-refractivity contribution in [1.82, 2.24) is 0 Å². The summed E-state index contributed by atoms with van der Waals surface area (Å²) in [7, 11) is 0. The lowest BCUT2D eigenvalue weighted by atomic mass is 10.0. The predicted octanol–water partition coefficient (Wildman–Crippen LogP) is 5.99. The molecule has 1 N–H and O–H groups in total. The van der Waals surface area contributed by atoms with Crippen LogP contribution in [0.25, 0.3) is 0 Å². The summed E-state index contributed by atoms with van der Waals surface area (Å²) in [5, 5.41) is 11.1. The second-order valence-corrected chi connectivity index (χ2v) is 12.3. The van der Waals surface area contributed by atoms with Crippen LogP contribution >= 0.6 is 0 Å². The molecule has 6 rings (SSSR count). The van der Waals surface area contributed by atoms with Crippen molar-refractivity contribution in [3.63, 3.8) is 0 Å². The van der Waals surface area contributed by atoms with Crippen LogP contribution in [0.3, 0.4) is 0 Å². The van der Waals surface area contributed by atoms with E-state index in [2.05, 4.69) is 6.58 Å². The number of aliphatic hydroxyl groups excluding tert-OH is 1. The molecule has 0 aromatic heterocycles. The van der Waals surface area contributed by atoms with E-state index in [0.29, 0.717) is 19.8 Å². The first-order valence-electron chi connectivity index (χ1n) is 17.1. The Kier molecular flexibility index (Phi) is 13.7. The van der Waals surface area contributed by atoms with Crippen molar-refractivity contribution in [2.24, 2.45) is 0 Å². The molecule has 4 aromatic carbocycles. The summed E-state index contributed by atoms with van der Waals surface area (Å²) in [5.41, 5.74) is 3.98. The van der Waals surface area contributed by atoms with E-state index in [1.165, 1.54) is 0 Å². The normalized spacial score (nSPS) is 26.5. The zero-order valence-corrected chi connectivity index (χ0v) is 28.1. The quantitative estimate of drug-likeness (QED) is 0.127. The van der Waals surface area contributed by atoms with Crippen molar-refractivity contribution in [2.75, 3.05) is 19.8 Å². The Bertz CT molecular complexity index is 1530. The molecule has 50 heavy (non-hydrogen) atoms. The zero-order chi connectivity index (χ0) is 34.4. The first kappa shape index (κ1) is 36.1. The molecule has 0 spiro atoms. The molecule has 0 amide bonds. The molecule has 0 unspecified atom stereocenters. The van der Waals surface area contributed by atoms with Crippen LogP contribution in [0.15, 0.2) is 134 Å². The van der Waals surface area contributed by atoms with Crippen LogP contribution in [0.5, 0.6) is 0 Å². The van der Waals surface area contributed by atoms with Gasteiger partial charge in [0.25, 0.3) is 0 Å². The lowest BCUT2D eigenvalue weighted by Gasteiger charge is -2.41. The average Bonchev–Trinajstić information content (AvgIpc) is 3.49. The molecule has 2 aliphatic heterocycles. The third-order valence-corrected chi connectivity index (χ3v) is 8.64. The topological polar surface area (TPSA) is 94.1 Å². The van der Waals surface area contributed by atoms with Crippen molar-refractivity contribution in [2.45, 2.75) is 75.6 Å². The predicted molar refractivity (Wildman–Crippen MR) is 187 cm³/mol. The van der Waals surface area contributed by atoms with Gasteiger partial charge in [0.05, 0.1) is 46.2 Å². The lowest BCUT2D eigenvalue weighted by molar-refractivity contribution is -0.317. The molecule has 2 heterocycles. The van der Waals surface area contributed by atoms with Crippen LogP contribution in [0.4, 0.5) is 0 Å². The Balaban J connectivity index is 1.25. The number of hydrogen-bond acceptors (Lipinski definition) is 9. The van der Waals surface area contributed by atoms with Gasteiger partial charge in [-0.25, -0.2) is 0 Å². The van der Waals surface area contributed by atoms with E-state index in [1.807, 2.05) is 121 Å². The van der Waals surface area contributed by atoms with Gasteiger partial charge in [-0.05, 0) is 22.3 Å². The number of ether oxygens (including phenoxy) is 8. The zero-order valence-electron chi connectivity index (χ0n) is 28.1. The fourth-order valence-corrected chi connectivity index (χ4v) is 6.07. The molecule has 0 saturated carbocycles. The van der Waals surface area contributed by atoms with E-state index in [9.17, 15) is 5.11 Å². The number of benzene rings is 4. The van der Waals surface area contributed by atoms with Gasteiger partial charge in [0.2, 0.25) is 0 Å². The summed E-state index contributed by atoms with van der Waals surface area (Å²) in [6, 6.07) is 39.5. The monoisotopic (exact) mass is 682 g/mol. The third-order valence-electron chi connectivity index (χ3n) is 8.64. The summed E-state index contributed by atoms with van der Waals surface area (Å²) in [5.74, 6) is 0. The molecular weight excluding hydrogens is 636 g/mol. The molecule has 2 saturated heterocycles. The van der Waals surface area contributed by atoms with Gasteiger partial charge in [-0.1, -0.05) is 127 Å². The standard InChI is InChI=1S/C41H46O9/c1-2-23-44-36-35(28-43-24-30-15-7-3-8-16-30)49-41(39(36)47-27-33-21-13-6-14-22-33)50-37-34(45-25-31-17-9-4-10-18-31)29-48-40(42)38(37)46-26-32-19-11-5-12-20-32/h2-22,34-42H,1,23-29H2/t34-,35+,36+,37+,38-,39-,40+,41+/m1/s1. The van der Waals surface area contributed by atoms with Crippen molar-refractivity contribution in [3.05, 3.63) is 156 Å². The first-order valence-corrected chi connectivity index (χ1v) is 17.1. The Hall–Kier alpha value is -3.74. The number of rotatable bonds is 18. The molecule has 9 heteroatoms. The van der Waals surface area contributed by atoms with Gasteiger partial charge in [-0.2, -0.15) is 0 Å². The van der Waals surface area contributed by atoms with E-state index in [-0.39, 0.29) is 26.4 Å². The molecule has 0 radical (unpaired) electrons. The summed E-state index contributed by atoms with van der Waals surface area (Å²) in [4.78, 5) is 0. The first-order chi connectivity index (χ1) is 24.7. The number of aliphatic hydroxyl groups is 1. The van der Waals surface area contributed by atoms with E-state index in [0.717, 1.165) is 22.3 Å². The third kappa shape index (κ3) is 10.2. The fraction of sp³-hybridized carbons (Fsp3) is 0.366. The minimum atomic E-state index is -1.26. The van der Waals surface area contributed by atoms with Crippen LogP contribution < -0.4 is 0 Å². The van der Waals surface area contributed by atoms with Gasteiger partial charge in [-0.3, -0.25) is 0 Å². The van der Waals surface area contributed by atoms with Crippen LogP contribution in [0, 0.1) is 0 Å². The summed E-state index contributed by atoms with van der Waals surface area (Å²) in [6.07, 6.45) is -4.50. The summed E-state index contributed by atoms with van der Waals surface area (Å²) < 4.78 is 51.0. The van der Waals surface area contributed by atoms with E-state index in [1.54, 1.807) is 6.08 Å². The highest BCUT2D eigenvalue weighted by Gasteiger charge is 2.51. The Morgan fingerprint density at radius 2 is 1.10 bits per heavy atom. The van der Waals surface area contributed by atoms with Gasteiger partial charge in [0.1, 0.15) is 36.6 Å². The smallest absolute Gasteiger partial charge is 0.187 e. The van der Waals surface area contributed by atoms with Crippen LogP contribution in [0.1, 0.15) is 22.3 Å². The Labute approximate surface area is 294 Å². The van der Waals surface area contributed by atoms with Crippen LogP contribution in [0.2, 0.25) is 0 Å². The maximum Gasteiger partial charge on any atom is 0.187 e. The largest absolute Gasteiger partial charge is 0.374 e. The van der Waals surface area contributed by atoms with Crippen molar-refractivity contribution in [1.29, 1.82) is 0 Å². The Morgan fingerprint density at radius 1 is 0.600 bits per heavy atom. The average molecular weight is 683 g/mol. The summed E-state index contributed by atoms with van der Waals surface area (Å²) in [6.45, 7) is 5.72. The lowest BCUT2D eigenvalue weighted by Crippen LogP contribution is -2.57. The van der Waals surface area contributed by atoms with Crippen LogP contribution in [-0.4, -0.2) is 74.1 Å². The minimum absolute atomic E-state index is 0.0894. The molecule has 8 atom stereocenters. The highest BCUT2D eigenvalue weighted by atomic mass is 16.8. The van der Waals surface area contributed by atoms with Gasteiger partial charge in [-0.15, -0.1) is 6.58 Å². The van der Waals surface area contributed by atoms with Gasteiger partial charge in [0, 0.05) is 0 Å². The van der Waals surface area contributed by atoms with Crippen molar-refractivity contribution in [3.8, 4) is 0 Å². The molecule has 2 aliphatic rings. The van der Waals surface area contributed by atoms with Gasteiger partial charge < -0.3 is 43.0 Å². The Morgan fingerprint density at radius 3 is 1.64 bits per heavy atom. The van der Waals surface area contributed by atoms with Crippen molar-refractivity contribution >= 4 is 0 Å². The van der Waals surface area contributed by atoms with Gasteiger partial charge >= 0.3 is 0 Å². The molecule has 9 nitrogen and oxygen atoms in total. The van der Waals surface area contributed by atoms with Gasteiger partial charge in [0.15, 0.2) is 12.6 Å². The van der Waals surface area contributed by atoms with E-state index < -0.39 is 49.2 Å². The maximum atomic E-state index is 11.1. The van der Waals surface area contributed by atoms with Crippen molar-refractivity contribution < 1.29 is 43.0 Å². The second-order valence-electron chi connectivity index (χ2n) is 12.3. The maximum absolute atomic E-state index is 11.1. The fourth-order valence-electron chi connectivity index (χ4n) is 6.07. The summed E-state index contributed by atoms with van der Waals surface area (Å²) >= 11 is 0. The molecule has 264 valence electrons. The molecular formula is C41H46O9. The van der Waals surface area contributed by atoms with E-state index >= 15 is 0 Å². The van der Waals surface area contributed by atoms with E-state index in [4.69, 9.17) is 37.9 Å². The molecule has 0 aliphatic carbocycles. The van der Waals surface area contributed by atoms with Crippen LogP contribution in [-0.2, 0) is 64.3 Å². The highest BCUT2D eigenvalue weighted by molar-refractivity contribution is 5.16. The minimum Gasteiger partial charge on any atom is -0.374 e. The SMILES string of the molecule is C=CCO[C@@H]1[C@@H](OCc2ccccc2)[C@H](O[C@@H]2[C@@H](OCc3ccccc3)[C@@H](O)OC[C@H]2OCc2ccccc2)O[C@H]1COCc1ccccc1. The molecule has 4 aromatic rings. The molecule has 2 fully saturated rings.